The van der Waals surface area contributed by atoms with Crippen LogP contribution >= 0.6 is 0 Å². The minimum Gasteiger partial charge on any atom is -0.506 e. The van der Waals surface area contributed by atoms with E-state index in [1.165, 1.54) is 12.1 Å². The van der Waals surface area contributed by atoms with E-state index in [-0.39, 0.29) is 0 Å². The molecule has 144 valence electrons. The molecule has 13 heteroatoms. The van der Waals surface area contributed by atoms with Gasteiger partial charge in [0, 0.05) is 12.1 Å². The van der Waals surface area contributed by atoms with Crippen LogP contribution in [0.3, 0.4) is 0 Å². The Labute approximate surface area is 152 Å². The molecule has 0 radical (unpaired) electrons. The molecule has 27 heavy (non-hydrogen) atoms. The quantitative estimate of drug-likeness (QED) is 0.667. The number of amides is 1. The number of nitrogens with one attached hydrogen (secondary N) is 2. The number of aromatic hydroxyl groups is 1. The van der Waals surface area contributed by atoms with Crippen molar-refractivity contribution in [3.8, 4) is 5.75 Å². The van der Waals surface area contributed by atoms with E-state index in [9.17, 15) is 35.5 Å². The van der Waals surface area contributed by atoms with E-state index in [0.717, 1.165) is 18.2 Å². The second kappa shape index (κ2) is 6.35. The largest absolute Gasteiger partial charge is 0.506 e. The molecule has 0 aliphatic carbocycles. The molecule has 1 aliphatic heterocycles. The van der Waals surface area contributed by atoms with Crippen LogP contribution in [0.5, 0.6) is 5.75 Å². The highest BCUT2D eigenvalue weighted by Gasteiger charge is 2.37. The maximum atomic E-state index is 14.4. The van der Waals surface area contributed by atoms with E-state index >= 15 is 0 Å². The monoisotopic (exact) mass is 419 g/mol. The van der Waals surface area contributed by atoms with Gasteiger partial charge in [-0.3, -0.25) is 9.52 Å². The number of anilines is 2. The van der Waals surface area contributed by atoms with Gasteiger partial charge in [0.1, 0.15) is 28.7 Å². The van der Waals surface area contributed by atoms with Gasteiger partial charge in [-0.25, -0.2) is 26.2 Å². The fourth-order valence-electron chi connectivity index (χ4n) is 2.41. The third kappa shape index (κ3) is 3.50. The van der Waals surface area contributed by atoms with Crippen LogP contribution in [0, 0.1) is 11.6 Å². The lowest BCUT2D eigenvalue weighted by Crippen LogP contribution is -2.30. The van der Waals surface area contributed by atoms with E-state index in [2.05, 4.69) is 0 Å². The number of hydrogen-bond acceptors (Lipinski definition) is 6. The Balaban J connectivity index is 1.99. The van der Waals surface area contributed by atoms with Gasteiger partial charge >= 0.3 is 10.2 Å². The van der Waals surface area contributed by atoms with E-state index < -0.39 is 66.3 Å². The molecule has 0 spiro atoms. The first kappa shape index (κ1) is 18.8. The number of hydrogen-bond donors (Lipinski definition) is 3. The Hall–Kier alpha value is -2.93. The molecule has 0 bridgehead atoms. The fraction of sp³-hybridized carbons (Fsp3) is 0.0714. The Morgan fingerprint density at radius 3 is 2.37 bits per heavy atom. The molecule has 0 unspecified atom stereocenters. The van der Waals surface area contributed by atoms with Crippen LogP contribution in [0.25, 0.3) is 0 Å². The van der Waals surface area contributed by atoms with Gasteiger partial charge in [0.05, 0.1) is 5.69 Å². The Morgan fingerprint density at radius 1 is 1.15 bits per heavy atom. The summed E-state index contributed by atoms with van der Waals surface area (Å²) in [6.45, 7) is -0.757. The van der Waals surface area contributed by atoms with Gasteiger partial charge in [-0.15, -0.1) is 0 Å². The summed E-state index contributed by atoms with van der Waals surface area (Å²) in [5.41, 5.74) is -1.31. The fourth-order valence-corrected chi connectivity index (χ4v) is 4.70. The molecule has 2 aromatic rings. The number of benzene rings is 2. The van der Waals surface area contributed by atoms with Crippen LogP contribution in [-0.2, 0) is 25.0 Å². The van der Waals surface area contributed by atoms with Crippen molar-refractivity contribution in [1.82, 2.24) is 4.72 Å². The molecule has 0 saturated carbocycles. The normalized spacial score (nSPS) is 16.2. The summed E-state index contributed by atoms with van der Waals surface area (Å²) in [6, 6.07) is 5.77. The number of halogens is 2. The molecule has 2 aromatic carbocycles. The van der Waals surface area contributed by atoms with Crippen molar-refractivity contribution in [2.24, 2.45) is 0 Å². The summed E-state index contributed by atoms with van der Waals surface area (Å²) >= 11 is 0. The van der Waals surface area contributed by atoms with E-state index in [1.54, 1.807) is 4.72 Å². The number of phenolic OH excluding ortho intramolecular Hbond substituents is 1. The highest BCUT2D eigenvalue weighted by molar-refractivity contribution is 7.92. The lowest BCUT2D eigenvalue weighted by atomic mass is 10.2. The summed E-state index contributed by atoms with van der Waals surface area (Å²) in [4.78, 5) is 10.5. The van der Waals surface area contributed by atoms with Crippen LogP contribution < -0.4 is 13.7 Å². The second-order valence-electron chi connectivity index (χ2n) is 5.40. The van der Waals surface area contributed by atoms with Crippen LogP contribution in [0.2, 0.25) is 0 Å². The highest BCUT2D eigenvalue weighted by atomic mass is 32.2. The molecule has 1 saturated heterocycles. The van der Waals surface area contributed by atoms with Crippen molar-refractivity contribution >= 4 is 37.5 Å². The van der Waals surface area contributed by atoms with E-state index in [0.29, 0.717) is 10.4 Å². The molecule has 3 rings (SSSR count). The van der Waals surface area contributed by atoms with Gasteiger partial charge in [-0.2, -0.15) is 8.42 Å². The van der Waals surface area contributed by atoms with Gasteiger partial charge in [0.25, 0.3) is 15.9 Å². The van der Waals surface area contributed by atoms with Crippen molar-refractivity contribution in [1.29, 1.82) is 0 Å². The predicted octanol–water partition coefficient (Wildman–Crippen LogP) is 0.652. The summed E-state index contributed by atoms with van der Waals surface area (Å²) in [5, 5.41) is 9.98. The van der Waals surface area contributed by atoms with Gasteiger partial charge < -0.3 is 5.11 Å². The predicted molar refractivity (Wildman–Crippen MR) is 89.7 cm³/mol. The molecule has 1 aliphatic rings. The average Bonchev–Trinajstić information content (AvgIpc) is 2.79. The minimum atomic E-state index is -4.44. The molecule has 0 aromatic heterocycles. The molecular formula is C14H11F2N3O6S2. The summed E-state index contributed by atoms with van der Waals surface area (Å²) in [5.74, 6) is -4.24. The SMILES string of the molecule is O=C1CN(c2c(O)cc(NS(=O)(=O)c3ccccc3F)cc2F)S(=O)(=O)N1. The van der Waals surface area contributed by atoms with Gasteiger partial charge in [-0.1, -0.05) is 12.1 Å². The number of sulfonamides is 1. The zero-order valence-corrected chi connectivity index (χ0v) is 14.8. The van der Waals surface area contributed by atoms with Crippen molar-refractivity contribution < 1.29 is 35.5 Å². The Morgan fingerprint density at radius 2 is 1.81 bits per heavy atom. The number of carbonyl (C=O) groups excluding carboxylic acids is 1. The Bertz CT molecular complexity index is 1130. The van der Waals surface area contributed by atoms with E-state index in [4.69, 9.17) is 0 Å². The second-order valence-corrected chi connectivity index (χ2v) is 8.64. The molecule has 9 nitrogen and oxygen atoms in total. The molecule has 0 atom stereocenters. The van der Waals surface area contributed by atoms with Crippen LogP contribution in [0.1, 0.15) is 0 Å². The van der Waals surface area contributed by atoms with Crippen LogP contribution in [0.15, 0.2) is 41.3 Å². The van der Waals surface area contributed by atoms with Crippen LogP contribution in [0.4, 0.5) is 20.2 Å². The lowest BCUT2D eigenvalue weighted by Gasteiger charge is -2.18. The van der Waals surface area contributed by atoms with Crippen molar-refractivity contribution in [3.63, 3.8) is 0 Å². The molecule has 1 heterocycles. The van der Waals surface area contributed by atoms with Crippen molar-refractivity contribution in [3.05, 3.63) is 48.0 Å². The number of carbonyl (C=O) groups is 1. The summed E-state index contributed by atoms with van der Waals surface area (Å²) < 4.78 is 79.8. The number of nitrogens with zero attached hydrogens (tertiary/aromatic N) is 1. The first-order chi connectivity index (χ1) is 12.5. The molecule has 3 N–H and O–H groups in total. The van der Waals surface area contributed by atoms with Crippen molar-refractivity contribution in [2.75, 3.05) is 15.6 Å². The average molecular weight is 419 g/mol. The van der Waals surface area contributed by atoms with Crippen molar-refractivity contribution in [2.45, 2.75) is 4.90 Å². The van der Waals surface area contributed by atoms with Gasteiger partial charge in [-0.05, 0) is 12.1 Å². The Kier molecular flexibility index (Phi) is 4.43. The maximum Gasteiger partial charge on any atom is 0.326 e. The standard InChI is InChI=1S/C14H11F2N3O6S2/c15-9-3-1-2-4-12(9)26(22,23)17-8-5-10(16)14(11(20)6-8)19-7-13(21)18-27(19,24)25/h1-6,17,20H,7H2,(H,18,21). The summed E-state index contributed by atoms with van der Waals surface area (Å²) in [7, 11) is -8.83. The zero-order valence-electron chi connectivity index (χ0n) is 13.2. The van der Waals surface area contributed by atoms with Gasteiger partial charge in [0.2, 0.25) is 0 Å². The number of phenols is 1. The lowest BCUT2D eigenvalue weighted by molar-refractivity contribution is -0.117. The van der Waals surface area contributed by atoms with Gasteiger partial charge in [0.15, 0.2) is 5.82 Å². The first-order valence-electron chi connectivity index (χ1n) is 7.14. The van der Waals surface area contributed by atoms with E-state index in [1.807, 2.05) is 4.72 Å². The van der Waals surface area contributed by atoms with Crippen LogP contribution in [-0.4, -0.2) is 34.4 Å². The number of rotatable bonds is 4. The first-order valence-corrected chi connectivity index (χ1v) is 10.1. The summed E-state index contributed by atoms with van der Waals surface area (Å²) in [6.07, 6.45) is 0. The smallest absolute Gasteiger partial charge is 0.326 e. The minimum absolute atomic E-state index is 0.301. The maximum absolute atomic E-state index is 14.4. The molecule has 1 fully saturated rings. The molecule has 1 amide bonds. The topological polar surface area (TPSA) is 133 Å². The zero-order chi connectivity index (χ0) is 20.0. The molecular weight excluding hydrogens is 408 g/mol. The highest BCUT2D eigenvalue weighted by Crippen LogP contribution is 2.36. The third-order valence-electron chi connectivity index (χ3n) is 3.49. The third-order valence-corrected chi connectivity index (χ3v) is 6.28.